The van der Waals surface area contributed by atoms with Crippen LogP contribution in [0.25, 0.3) is 11.0 Å². The molecule has 3 heterocycles. The number of pyridine rings is 1. The van der Waals surface area contributed by atoms with Gasteiger partial charge in [-0.2, -0.15) is 0 Å². The number of nitrogens with zero attached hydrogens (tertiary/aromatic N) is 2. The first kappa shape index (κ1) is 18.7. The zero-order valence-corrected chi connectivity index (χ0v) is 16.2. The van der Waals surface area contributed by atoms with Gasteiger partial charge in [0, 0.05) is 18.1 Å². The van der Waals surface area contributed by atoms with Crippen LogP contribution in [0.5, 0.6) is 0 Å². The largest absolute Gasteiger partial charge is 0.447 e. The summed E-state index contributed by atoms with van der Waals surface area (Å²) < 4.78 is 5.15. The molecule has 6 heteroatoms. The number of ether oxygens (including phenoxy) is 1. The van der Waals surface area contributed by atoms with E-state index in [-0.39, 0.29) is 6.10 Å². The molecular weight excluding hydrogens is 328 g/mol. The molecule has 3 rings (SSSR count). The summed E-state index contributed by atoms with van der Waals surface area (Å²) in [5, 5.41) is 3.86. The molecule has 2 aromatic heterocycles. The Hall–Kier alpha value is -2.08. The van der Waals surface area contributed by atoms with E-state index in [9.17, 15) is 4.79 Å². The van der Waals surface area contributed by atoms with Crippen LogP contribution in [0, 0.1) is 5.92 Å². The van der Waals surface area contributed by atoms with Crippen LogP contribution in [0.15, 0.2) is 18.5 Å². The highest BCUT2D eigenvalue weighted by atomic mass is 16.6. The van der Waals surface area contributed by atoms with Gasteiger partial charge in [0.1, 0.15) is 5.65 Å². The summed E-state index contributed by atoms with van der Waals surface area (Å²) in [7, 11) is 0. The Labute approximate surface area is 155 Å². The van der Waals surface area contributed by atoms with E-state index in [1.54, 1.807) is 6.20 Å². The number of piperidine rings is 1. The van der Waals surface area contributed by atoms with Crippen molar-refractivity contribution in [3.63, 3.8) is 0 Å². The Kier molecular flexibility index (Phi) is 5.81. The number of H-pyrrole nitrogens is 1. The first-order valence-electron chi connectivity index (χ1n) is 9.59. The molecule has 6 nitrogen and oxygen atoms in total. The van der Waals surface area contributed by atoms with Crippen molar-refractivity contribution in [3.8, 4) is 0 Å². The fourth-order valence-corrected chi connectivity index (χ4v) is 3.73. The maximum atomic E-state index is 11.8. The minimum atomic E-state index is -0.444. The molecule has 0 spiro atoms. The monoisotopic (exact) mass is 358 g/mol. The average molecular weight is 358 g/mol. The van der Waals surface area contributed by atoms with Gasteiger partial charge in [-0.3, -0.25) is 5.32 Å². The summed E-state index contributed by atoms with van der Waals surface area (Å²) in [6, 6.07) is 2.00. The lowest BCUT2D eigenvalue weighted by molar-refractivity contribution is 0.130. The van der Waals surface area contributed by atoms with E-state index in [0.717, 1.165) is 37.0 Å². The molecule has 0 saturated carbocycles. The summed E-state index contributed by atoms with van der Waals surface area (Å²) in [4.78, 5) is 22.1. The van der Waals surface area contributed by atoms with Gasteiger partial charge in [-0.1, -0.05) is 13.8 Å². The number of rotatable bonds is 5. The summed E-state index contributed by atoms with van der Waals surface area (Å²) in [5.74, 6) is 1.25. The van der Waals surface area contributed by atoms with Crippen LogP contribution in [-0.2, 0) is 4.74 Å². The lowest BCUT2D eigenvalue weighted by atomic mass is 9.89. The molecule has 1 fully saturated rings. The molecule has 0 atom stereocenters. The van der Waals surface area contributed by atoms with Crippen molar-refractivity contribution < 1.29 is 9.53 Å². The maximum Gasteiger partial charge on any atom is 0.411 e. The highest BCUT2D eigenvalue weighted by Gasteiger charge is 2.23. The molecule has 1 saturated heterocycles. The molecule has 0 unspecified atom stereocenters. The van der Waals surface area contributed by atoms with Crippen LogP contribution in [0.1, 0.15) is 52.0 Å². The number of likely N-dealkylation sites (tertiary alicyclic amines) is 1. The third-order valence-corrected chi connectivity index (χ3v) is 4.80. The molecule has 0 aliphatic carbocycles. The first-order valence-corrected chi connectivity index (χ1v) is 9.59. The zero-order valence-electron chi connectivity index (χ0n) is 16.2. The average Bonchev–Trinajstić information content (AvgIpc) is 2.97. The Morgan fingerprint density at radius 1 is 1.35 bits per heavy atom. The van der Waals surface area contributed by atoms with Crippen LogP contribution >= 0.6 is 0 Å². The lowest BCUT2D eigenvalue weighted by Gasteiger charge is -2.32. The predicted molar refractivity (Wildman–Crippen MR) is 105 cm³/mol. The van der Waals surface area contributed by atoms with E-state index in [1.165, 1.54) is 12.1 Å². The zero-order chi connectivity index (χ0) is 18.7. The molecule has 1 amide bonds. The van der Waals surface area contributed by atoms with Gasteiger partial charge in [0.05, 0.1) is 18.0 Å². The summed E-state index contributed by atoms with van der Waals surface area (Å²) >= 11 is 0. The molecule has 142 valence electrons. The quantitative estimate of drug-likeness (QED) is 0.833. The number of nitrogens with one attached hydrogen (secondary N) is 2. The molecule has 26 heavy (non-hydrogen) atoms. The first-order chi connectivity index (χ1) is 12.4. The number of anilines is 1. The molecule has 2 aromatic rings. The van der Waals surface area contributed by atoms with Crippen molar-refractivity contribution in [1.29, 1.82) is 0 Å². The number of hydrogen-bond acceptors (Lipinski definition) is 4. The van der Waals surface area contributed by atoms with E-state index in [2.05, 4.69) is 40.2 Å². The van der Waals surface area contributed by atoms with Crippen molar-refractivity contribution >= 4 is 22.8 Å². The van der Waals surface area contributed by atoms with Gasteiger partial charge in [0.2, 0.25) is 0 Å². The predicted octanol–water partition coefficient (Wildman–Crippen LogP) is 4.36. The SMILES string of the molecule is CC(C)CN1CCC(c2c[nH]c3ncc(NC(=O)OC(C)C)cc23)CC1. The van der Waals surface area contributed by atoms with E-state index >= 15 is 0 Å². The number of carbonyl (C=O) groups excluding carboxylic acids is 1. The maximum absolute atomic E-state index is 11.8. The molecule has 2 N–H and O–H groups in total. The second-order valence-electron chi connectivity index (χ2n) is 7.91. The van der Waals surface area contributed by atoms with Crippen molar-refractivity contribution in [1.82, 2.24) is 14.9 Å². The fraction of sp³-hybridized carbons (Fsp3) is 0.600. The van der Waals surface area contributed by atoms with Crippen molar-refractivity contribution in [3.05, 3.63) is 24.0 Å². The van der Waals surface area contributed by atoms with Crippen molar-refractivity contribution in [2.24, 2.45) is 5.92 Å². The van der Waals surface area contributed by atoms with E-state index in [0.29, 0.717) is 17.5 Å². The number of aromatic nitrogens is 2. The molecule has 0 bridgehead atoms. The lowest BCUT2D eigenvalue weighted by Crippen LogP contribution is -2.35. The van der Waals surface area contributed by atoms with Crippen LogP contribution < -0.4 is 5.32 Å². The van der Waals surface area contributed by atoms with Gasteiger partial charge in [0.15, 0.2) is 0 Å². The van der Waals surface area contributed by atoms with Gasteiger partial charge >= 0.3 is 6.09 Å². The Balaban J connectivity index is 1.71. The highest BCUT2D eigenvalue weighted by molar-refractivity contribution is 5.89. The van der Waals surface area contributed by atoms with E-state index < -0.39 is 6.09 Å². The topological polar surface area (TPSA) is 70.2 Å². The van der Waals surface area contributed by atoms with Crippen LogP contribution in [0.4, 0.5) is 10.5 Å². The molecule has 1 aliphatic heterocycles. The smallest absolute Gasteiger partial charge is 0.411 e. The highest BCUT2D eigenvalue weighted by Crippen LogP contribution is 2.33. The third kappa shape index (κ3) is 4.55. The third-order valence-electron chi connectivity index (χ3n) is 4.80. The normalized spacial score (nSPS) is 16.5. The van der Waals surface area contributed by atoms with Gasteiger partial charge in [0.25, 0.3) is 0 Å². The second-order valence-corrected chi connectivity index (χ2v) is 7.91. The number of amides is 1. The fourth-order valence-electron chi connectivity index (χ4n) is 3.73. The molecule has 0 radical (unpaired) electrons. The summed E-state index contributed by atoms with van der Waals surface area (Å²) in [5.41, 5.74) is 2.84. The van der Waals surface area contributed by atoms with Crippen molar-refractivity contribution in [2.45, 2.75) is 52.6 Å². The Morgan fingerprint density at radius 3 is 2.73 bits per heavy atom. The molecular formula is C20H30N4O2. The second kappa shape index (κ2) is 8.08. The number of hydrogen-bond donors (Lipinski definition) is 2. The van der Waals surface area contributed by atoms with Gasteiger partial charge in [-0.15, -0.1) is 0 Å². The standard InChI is InChI=1S/C20H30N4O2/c1-13(2)12-24-7-5-15(6-8-24)18-11-22-19-17(18)9-16(10-21-19)23-20(25)26-14(3)4/h9-11,13-15H,5-8,12H2,1-4H3,(H,21,22)(H,23,25). The summed E-state index contributed by atoms with van der Waals surface area (Å²) in [6.07, 6.45) is 5.47. The molecule has 1 aliphatic rings. The number of carbonyl (C=O) groups is 1. The Bertz CT molecular complexity index is 745. The Morgan fingerprint density at radius 2 is 2.08 bits per heavy atom. The summed E-state index contributed by atoms with van der Waals surface area (Å²) in [6.45, 7) is 11.7. The van der Waals surface area contributed by atoms with Crippen LogP contribution in [0.3, 0.4) is 0 Å². The van der Waals surface area contributed by atoms with E-state index in [1.807, 2.05) is 19.9 Å². The minimum Gasteiger partial charge on any atom is -0.447 e. The number of aromatic amines is 1. The number of fused-ring (bicyclic) bond motifs is 1. The van der Waals surface area contributed by atoms with Gasteiger partial charge < -0.3 is 14.6 Å². The van der Waals surface area contributed by atoms with E-state index in [4.69, 9.17) is 4.74 Å². The van der Waals surface area contributed by atoms with Gasteiger partial charge in [-0.05, 0) is 63.2 Å². The van der Waals surface area contributed by atoms with Crippen LogP contribution in [-0.4, -0.2) is 46.7 Å². The van der Waals surface area contributed by atoms with Crippen LogP contribution in [0.2, 0.25) is 0 Å². The van der Waals surface area contributed by atoms with Gasteiger partial charge in [-0.25, -0.2) is 9.78 Å². The van der Waals surface area contributed by atoms with Crippen molar-refractivity contribution in [2.75, 3.05) is 25.0 Å². The minimum absolute atomic E-state index is 0.148. The molecule has 0 aromatic carbocycles.